The fraction of sp³-hybridized carbons (Fsp3) is 1.00. The van der Waals surface area contributed by atoms with E-state index in [-0.39, 0.29) is 0 Å². The number of rotatable bonds is 2. The van der Waals surface area contributed by atoms with Crippen molar-refractivity contribution in [2.75, 3.05) is 6.54 Å². The summed E-state index contributed by atoms with van der Waals surface area (Å²) in [6, 6.07) is 0. The first-order valence-electron chi connectivity index (χ1n) is 3.11. The second kappa shape index (κ2) is 8.16. The van der Waals surface area contributed by atoms with E-state index < -0.39 is 5.09 Å². The van der Waals surface area contributed by atoms with Crippen LogP contribution in [0.25, 0.3) is 0 Å². The van der Waals surface area contributed by atoms with Gasteiger partial charge in [-0.3, -0.25) is 0 Å². The monoisotopic (exact) mass is 150 g/mol. The highest BCUT2D eigenvalue weighted by atomic mass is 16.9. The van der Waals surface area contributed by atoms with E-state index in [1.165, 1.54) is 6.42 Å². The first-order chi connectivity index (χ1) is 4.50. The molecule has 0 aliphatic heterocycles. The van der Waals surface area contributed by atoms with Crippen molar-refractivity contribution in [1.29, 1.82) is 0 Å². The normalized spacial score (nSPS) is 8.40. The lowest BCUT2D eigenvalue weighted by atomic mass is 10.1. The van der Waals surface area contributed by atoms with Crippen LogP contribution in [0, 0.1) is 21.2 Å². The lowest BCUT2D eigenvalue weighted by Gasteiger charge is -1.94. The number of hydrogen-bond donors (Lipinski definition) is 1. The van der Waals surface area contributed by atoms with Crippen molar-refractivity contribution < 1.29 is 10.8 Å². The van der Waals surface area contributed by atoms with E-state index in [1.807, 2.05) is 0 Å². The molecule has 0 rings (SSSR count). The van der Waals surface area contributed by atoms with Crippen LogP contribution in [0.4, 0.5) is 0 Å². The molecule has 0 aliphatic rings. The smallest absolute Gasteiger partial charge is 0.0742 e. The van der Waals surface area contributed by atoms with Gasteiger partial charge in [0.15, 0.2) is 0 Å². The van der Waals surface area contributed by atoms with Crippen LogP contribution in [-0.4, -0.2) is 11.6 Å². The van der Waals surface area contributed by atoms with Crippen molar-refractivity contribution in [3.63, 3.8) is 0 Å². The van der Waals surface area contributed by atoms with Gasteiger partial charge in [-0.25, -0.2) is 0 Å². The molecule has 10 heavy (non-hydrogen) atoms. The van der Waals surface area contributed by atoms with E-state index in [0.29, 0.717) is 0 Å². The molecule has 0 spiro atoms. The van der Waals surface area contributed by atoms with Crippen LogP contribution < -0.4 is 5.73 Å². The van der Waals surface area contributed by atoms with Crippen molar-refractivity contribution in [3.8, 4) is 0 Å². The Bertz CT molecular complexity index is 81.0. The number of hydrogen-bond acceptors (Lipinski definition) is 3. The van der Waals surface area contributed by atoms with Gasteiger partial charge in [-0.2, -0.15) is 0 Å². The van der Waals surface area contributed by atoms with Crippen LogP contribution in [0.3, 0.4) is 0 Å². The average Bonchev–Trinajstić information content (AvgIpc) is 1.62. The largest absolute Gasteiger partial charge is 0.358 e. The van der Waals surface area contributed by atoms with Gasteiger partial charge in [0, 0.05) is 0 Å². The second-order valence-corrected chi connectivity index (χ2v) is 2.26. The Morgan fingerprint density at radius 2 is 1.80 bits per heavy atom. The van der Waals surface area contributed by atoms with E-state index >= 15 is 0 Å². The van der Waals surface area contributed by atoms with E-state index in [2.05, 4.69) is 19.6 Å². The molecular formula is C5H14N2O3. The Kier molecular flexibility index (Phi) is 9.71. The fourth-order valence-corrected chi connectivity index (χ4v) is 0.408. The third kappa shape index (κ3) is 58.2. The maximum Gasteiger partial charge on any atom is 0.0742 e. The van der Waals surface area contributed by atoms with Crippen molar-refractivity contribution in [3.05, 3.63) is 15.3 Å². The molecule has 0 saturated heterocycles. The molecule has 5 heteroatoms. The lowest BCUT2D eigenvalue weighted by molar-refractivity contribution is -0.402. The van der Waals surface area contributed by atoms with Gasteiger partial charge < -0.3 is 21.1 Å². The van der Waals surface area contributed by atoms with Gasteiger partial charge in [0.2, 0.25) is 0 Å². The summed E-state index contributed by atoms with van der Waals surface area (Å²) >= 11 is 0. The summed E-state index contributed by atoms with van der Waals surface area (Å²) in [7, 11) is 0. The van der Waals surface area contributed by atoms with Crippen molar-refractivity contribution in [2.45, 2.75) is 20.3 Å². The summed E-state index contributed by atoms with van der Waals surface area (Å²) in [6.07, 6.45) is 1.26. The molecule has 0 amide bonds. The van der Waals surface area contributed by atoms with Gasteiger partial charge in [0.1, 0.15) is 0 Å². The van der Waals surface area contributed by atoms with Crippen LogP contribution >= 0.6 is 0 Å². The fourth-order valence-electron chi connectivity index (χ4n) is 0.408. The molecule has 0 unspecified atom stereocenters. The van der Waals surface area contributed by atoms with E-state index in [4.69, 9.17) is 15.3 Å². The molecule has 0 bridgehead atoms. The predicted octanol–water partition coefficient (Wildman–Crippen LogP) is 0.0353. The van der Waals surface area contributed by atoms with Crippen LogP contribution in [0.5, 0.6) is 0 Å². The van der Waals surface area contributed by atoms with Crippen LogP contribution in [-0.2, 0) is 0 Å². The highest BCUT2D eigenvalue weighted by Crippen LogP contribution is 1.93. The first-order valence-corrected chi connectivity index (χ1v) is 3.11. The summed E-state index contributed by atoms with van der Waals surface area (Å²) in [5.74, 6) is 0.836. The molecule has 0 aromatic carbocycles. The van der Waals surface area contributed by atoms with Crippen molar-refractivity contribution >= 4 is 0 Å². The lowest BCUT2D eigenvalue weighted by Crippen LogP contribution is -2.50. The Morgan fingerprint density at radius 1 is 1.50 bits per heavy atom. The van der Waals surface area contributed by atoms with E-state index in [1.54, 1.807) is 0 Å². The highest BCUT2D eigenvalue weighted by Gasteiger charge is 1.88. The molecule has 0 aromatic rings. The zero-order chi connectivity index (χ0) is 8.57. The zero-order valence-corrected chi connectivity index (χ0v) is 6.37. The first kappa shape index (κ1) is 11.9. The minimum absolute atomic E-state index is 0.836. The highest BCUT2D eigenvalue weighted by molar-refractivity contribution is 4.37. The third-order valence-electron chi connectivity index (χ3n) is 0.781. The molecule has 0 saturated carbocycles. The molecule has 0 aliphatic carbocycles. The molecule has 3 N–H and O–H groups in total. The quantitative estimate of drug-likeness (QED) is 0.444. The van der Waals surface area contributed by atoms with Gasteiger partial charge in [-0.1, -0.05) is 13.8 Å². The third-order valence-corrected chi connectivity index (χ3v) is 0.781. The molecule has 0 atom stereocenters. The zero-order valence-electron chi connectivity index (χ0n) is 6.37. The van der Waals surface area contributed by atoms with E-state index in [0.717, 1.165) is 12.5 Å². The second-order valence-electron chi connectivity index (χ2n) is 2.26. The average molecular weight is 150 g/mol. The number of quaternary nitrogens is 1. The Labute approximate surface area is 59.9 Å². The topological polar surface area (TPSA) is 93.8 Å². The van der Waals surface area contributed by atoms with Crippen molar-refractivity contribution in [2.24, 2.45) is 5.92 Å². The van der Waals surface area contributed by atoms with Crippen LogP contribution in [0.15, 0.2) is 0 Å². The van der Waals surface area contributed by atoms with Crippen LogP contribution in [0.2, 0.25) is 0 Å². The predicted molar refractivity (Wildman–Crippen MR) is 37.6 cm³/mol. The molecule has 0 aromatic heterocycles. The van der Waals surface area contributed by atoms with Crippen molar-refractivity contribution in [1.82, 2.24) is 0 Å². The number of nitrogens with zero attached hydrogens (tertiary/aromatic N) is 1. The molecule has 0 radical (unpaired) electrons. The Hall–Kier alpha value is -0.840. The molecule has 5 nitrogen and oxygen atoms in total. The Morgan fingerprint density at radius 3 is 1.80 bits per heavy atom. The maximum absolute atomic E-state index is 8.25. The van der Waals surface area contributed by atoms with Gasteiger partial charge >= 0.3 is 0 Å². The minimum atomic E-state index is -1.75. The summed E-state index contributed by atoms with van der Waals surface area (Å²) in [5.41, 5.74) is 3.73. The van der Waals surface area contributed by atoms with E-state index in [9.17, 15) is 0 Å². The summed E-state index contributed by atoms with van der Waals surface area (Å²) in [6.45, 7) is 5.51. The maximum atomic E-state index is 8.25. The summed E-state index contributed by atoms with van der Waals surface area (Å²) in [4.78, 5) is 8.25. The summed E-state index contributed by atoms with van der Waals surface area (Å²) in [5, 5.41) is 14.8. The summed E-state index contributed by atoms with van der Waals surface area (Å²) < 4.78 is 0. The SMILES string of the molecule is CC(C)CC[NH3+].O=[N+]([O-])[O-]. The Balaban J connectivity index is 0. The van der Waals surface area contributed by atoms with Gasteiger partial charge in [0.05, 0.1) is 11.6 Å². The molecule has 0 fully saturated rings. The standard InChI is InChI=1S/C5H13N.NO3/c1-5(2)3-4-6;2-1(3)4/h5H,3-4,6H2,1-2H3;/q;-1/p+1. The van der Waals surface area contributed by atoms with Gasteiger partial charge in [0.25, 0.3) is 0 Å². The van der Waals surface area contributed by atoms with Gasteiger partial charge in [-0.15, -0.1) is 0 Å². The minimum Gasteiger partial charge on any atom is -0.358 e. The molecule has 62 valence electrons. The molecular weight excluding hydrogens is 136 g/mol. The van der Waals surface area contributed by atoms with Gasteiger partial charge in [-0.05, 0) is 12.3 Å². The molecule has 0 heterocycles. The van der Waals surface area contributed by atoms with Crippen LogP contribution in [0.1, 0.15) is 20.3 Å².